The maximum absolute atomic E-state index is 10.2. The first kappa shape index (κ1) is 9.27. The van der Waals surface area contributed by atoms with E-state index in [1.54, 1.807) is 13.8 Å². The Morgan fingerprint density at radius 3 is 2.00 bits per heavy atom. The SMILES string of the molecule is CC(C)C(C)(C)OC([NH])=O. The molecule has 0 aromatic heterocycles. The Kier molecular flexibility index (Phi) is 2.69. The van der Waals surface area contributed by atoms with Crippen LogP contribution in [0.2, 0.25) is 0 Å². The van der Waals surface area contributed by atoms with Gasteiger partial charge in [0.05, 0.1) is 0 Å². The molecule has 0 aromatic rings. The van der Waals surface area contributed by atoms with Gasteiger partial charge in [0, 0.05) is 0 Å². The van der Waals surface area contributed by atoms with Crippen LogP contribution in [0.15, 0.2) is 0 Å². The monoisotopic (exact) mass is 144 g/mol. The molecule has 0 saturated heterocycles. The summed E-state index contributed by atoms with van der Waals surface area (Å²) >= 11 is 0. The molecule has 0 aliphatic heterocycles. The lowest BCUT2D eigenvalue weighted by atomic mass is 9.95. The predicted molar refractivity (Wildman–Crippen MR) is 38.5 cm³/mol. The zero-order valence-electron chi connectivity index (χ0n) is 6.89. The van der Waals surface area contributed by atoms with Gasteiger partial charge in [-0.15, -0.1) is 0 Å². The average molecular weight is 144 g/mol. The van der Waals surface area contributed by atoms with Gasteiger partial charge in [0.25, 0.3) is 0 Å². The van der Waals surface area contributed by atoms with E-state index in [0.717, 1.165) is 0 Å². The summed E-state index contributed by atoms with van der Waals surface area (Å²) in [5.74, 6) is 0.238. The van der Waals surface area contributed by atoms with Gasteiger partial charge in [0.2, 0.25) is 0 Å². The van der Waals surface area contributed by atoms with Crippen molar-refractivity contribution >= 4 is 6.09 Å². The predicted octanol–water partition coefficient (Wildman–Crippen LogP) is 1.84. The second-order valence-corrected chi connectivity index (χ2v) is 3.15. The van der Waals surface area contributed by atoms with E-state index < -0.39 is 11.7 Å². The van der Waals surface area contributed by atoms with Crippen molar-refractivity contribution in [1.29, 1.82) is 0 Å². The normalized spacial score (nSPS) is 11.7. The molecule has 10 heavy (non-hydrogen) atoms. The summed E-state index contributed by atoms with van der Waals surface area (Å²) in [5, 5.41) is 0. The van der Waals surface area contributed by atoms with Crippen LogP contribution >= 0.6 is 0 Å². The maximum atomic E-state index is 10.2. The topological polar surface area (TPSA) is 50.1 Å². The summed E-state index contributed by atoms with van der Waals surface area (Å²) in [6.45, 7) is 7.49. The van der Waals surface area contributed by atoms with Gasteiger partial charge in [-0.2, -0.15) is 0 Å². The summed E-state index contributed by atoms with van der Waals surface area (Å²) < 4.78 is 4.73. The molecule has 0 rings (SSSR count). The Balaban J connectivity index is 3.99. The first-order chi connectivity index (χ1) is 4.36. The van der Waals surface area contributed by atoms with E-state index in [1.165, 1.54) is 0 Å². The molecule has 0 unspecified atom stereocenters. The Hall–Kier alpha value is -0.730. The highest BCUT2D eigenvalue weighted by molar-refractivity contribution is 5.64. The van der Waals surface area contributed by atoms with Gasteiger partial charge in [0.1, 0.15) is 5.60 Å². The summed E-state index contributed by atoms with van der Waals surface area (Å²) in [6, 6.07) is 0. The molecular weight excluding hydrogens is 130 g/mol. The van der Waals surface area contributed by atoms with Crippen LogP contribution in [0, 0.1) is 5.92 Å². The van der Waals surface area contributed by atoms with Gasteiger partial charge in [0.15, 0.2) is 0 Å². The van der Waals surface area contributed by atoms with Crippen LogP contribution in [0.1, 0.15) is 27.7 Å². The van der Waals surface area contributed by atoms with Gasteiger partial charge < -0.3 is 4.74 Å². The Labute approximate surface area is 61.5 Å². The highest BCUT2D eigenvalue weighted by atomic mass is 16.6. The van der Waals surface area contributed by atoms with E-state index in [0.29, 0.717) is 0 Å². The molecule has 1 radical (unpaired) electrons. The molecule has 0 saturated carbocycles. The van der Waals surface area contributed by atoms with E-state index in [2.05, 4.69) is 0 Å². The fourth-order valence-corrected chi connectivity index (χ4v) is 0.357. The molecule has 0 aromatic carbocycles. The van der Waals surface area contributed by atoms with E-state index in [4.69, 9.17) is 10.5 Å². The second kappa shape index (κ2) is 2.90. The molecular formula is C7H14NO2. The van der Waals surface area contributed by atoms with Gasteiger partial charge in [-0.3, -0.25) is 0 Å². The fraction of sp³-hybridized carbons (Fsp3) is 0.857. The first-order valence-electron chi connectivity index (χ1n) is 3.31. The number of nitrogens with one attached hydrogen (secondary N) is 1. The van der Waals surface area contributed by atoms with Crippen molar-refractivity contribution in [2.24, 2.45) is 5.92 Å². The number of hydrogen-bond acceptors (Lipinski definition) is 2. The molecule has 0 bridgehead atoms. The van der Waals surface area contributed by atoms with Crippen LogP contribution in [0.4, 0.5) is 4.79 Å². The van der Waals surface area contributed by atoms with E-state index in [-0.39, 0.29) is 5.92 Å². The van der Waals surface area contributed by atoms with Gasteiger partial charge in [-0.25, -0.2) is 10.5 Å². The Morgan fingerprint density at radius 1 is 1.50 bits per heavy atom. The van der Waals surface area contributed by atoms with Gasteiger partial charge in [-0.1, -0.05) is 13.8 Å². The van der Waals surface area contributed by atoms with Crippen molar-refractivity contribution in [2.75, 3.05) is 0 Å². The third kappa shape index (κ3) is 2.71. The van der Waals surface area contributed by atoms with Gasteiger partial charge in [-0.05, 0) is 19.8 Å². The molecule has 0 aliphatic carbocycles. The molecule has 0 aliphatic rings. The van der Waals surface area contributed by atoms with Crippen LogP contribution in [0.3, 0.4) is 0 Å². The van der Waals surface area contributed by atoms with Crippen molar-refractivity contribution in [2.45, 2.75) is 33.3 Å². The minimum absolute atomic E-state index is 0.238. The van der Waals surface area contributed by atoms with E-state index >= 15 is 0 Å². The minimum Gasteiger partial charge on any atom is -0.442 e. The lowest BCUT2D eigenvalue weighted by Crippen LogP contribution is -2.33. The molecule has 0 atom stereocenters. The summed E-state index contributed by atoms with van der Waals surface area (Å²) in [5.41, 5.74) is 6.05. The number of carbonyl (C=O) groups excluding carboxylic acids is 1. The zero-order chi connectivity index (χ0) is 8.36. The van der Waals surface area contributed by atoms with Crippen molar-refractivity contribution in [3.05, 3.63) is 0 Å². The van der Waals surface area contributed by atoms with Crippen LogP contribution < -0.4 is 5.73 Å². The largest absolute Gasteiger partial charge is 0.442 e. The molecule has 1 amide bonds. The van der Waals surface area contributed by atoms with Crippen LogP contribution in [0.25, 0.3) is 0 Å². The number of amides is 1. The molecule has 0 heterocycles. The third-order valence-corrected chi connectivity index (χ3v) is 1.75. The smallest absolute Gasteiger partial charge is 0.426 e. The fourth-order valence-electron chi connectivity index (χ4n) is 0.357. The van der Waals surface area contributed by atoms with Crippen molar-refractivity contribution in [3.8, 4) is 0 Å². The third-order valence-electron chi connectivity index (χ3n) is 1.75. The lowest BCUT2D eigenvalue weighted by Gasteiger charge is -2.27. The Bertz CT molecular complexity index is 130. The van der Waals surface area contributed by atoms with Crippen LogP contribution in [-0.4, -0.2) is 11.7 Å². The average Bonchev–Trinajstić information content (AvgIpc) is 1.60. The van der Waals surface area contributed by atoms with Crippen molar-refractivity contribution < 1.29 is 9.53 Å². The maximum Gasteiger partial charge on any atom is 0.426 e. The number of rotatable bonds is 2. The molecule has 59 valence electrons. The Morgan fingerprint density at radius 2 is 1.90 bits per heavy atom. The van der Waals surface area contributed by atoms with E-state index in [1.807, 2.05) is 13.8 Å². The minimum atomic E-state index is -0.960. The summed E-state index contributed by atoms with van der Waals surface area (Å²) in [7, 11) is 0. The highest BCUT2D eigenvalue weighted by Crippen LogP contribution is 2.19. The van der Waals surface area contributed by atoms with E-state index in [9.17, 15) is 4.79 Å². The van der Waals surface area contributed by atoms with Gasteiger partial charge >= 0.3 is 6.09 Å². The standard InChI is InChI=1S/C7H14NO2/c1-5(2)7(3,4)10-6(8)9/h5,8H,1-4H3. The molecule has 1 N–H and O–H groups in total. The number of ether oxygens (including phenoxy) is 1. The first-order valence-corrected chi connectivity index (χ1v) is 3.31. The molecule has 3 nitrogen and oxygen atoms in total. The lowest BCUT2D eigenvalue weighted by molar-refractivity contribution is 0.00958. The van der Waals surface area contributed by atoms with Crippen molar-refractivity contribution in [3.63, 3.8) is 0 Å². The highest BCUT2D eigenvalue weighted by Gasteiger charge is 2.25. The zero-order valence-corrected chi connectivity index (χ0v) is 6.89. The quantitative estimate of drug-likeness (QED) is 0.593. The number of carbonyl (C=O) groups is 1. The molecule has 0 spiro atoms. The summed E-state index contributed by atoms with van der Waals surface area (Å²) in [6.07, 6.45) is -0.960. The van der Waals surface area contributed by atoms with Crippen molar-refractivity contribution in [1.82, 2.24) is 5.73 Å². The van der Waals surface area contributed by atoms with Crippen LogP contribution in [0.5, 0.6) is 0 Å². The second-order valence-electron chi connectivity index (χ2n) is 3.15. The van der Waals surface area contributed by atoms with Crippen LogP contribution in [-0.2, 0) is 4.74 Å². The molecule has 0 fully saturated rings. The molecule has 3 heteroatoms. The number of hydrogen-bond donors (Lipinski definition) is 0. The summed E-state index contributed by atoms with van der Waals surface area (Å²) in [4.78, 5) is 10.2.